The second kappa shape index (κ2) is 9.34. The van der Waals surface area contributed by atoms with Crippen LogP contribution in [0.3, 0.4) is 0 Å². The second-order valence-corrected chi connectivity index (χ2v) is 9.91. The second-order valence-electron chi connectivity index (χ2n) is 9.91. The van der Waals surface area contributed by atoms with E-state index in [2.05, 4.69) is 55.4 Å². The number of nitrogen functional groups attached to an aromatic ring is 1. The van der Waals surface area contributed by atoms with Crippen molar-refractivity contribution in [1.82, 2.24) is 24.3 Å². The van der Waals surface area contributed by atoms with Crippen LogP contribution in [0.25, 0.3) is 22.3 Å². The maximum atomic E-state index is 6.64. The van der Waals surface area contributed by atoms with Crippen LogP contribution in [-0.4, -0.2) is 43.6 Å². The number of hydrogen-bond donors (Lipinski definition) is 1. The van der Waals surface area contributed by atoms with Gasteiger partial charge in [-0.15, -0.1) is 0 Å². The molecular formula is C27H34N6O2. The number of imidazole rings is 1. The summed E-state index contributed by atoms with van der Waals surface area (Å²) in [6.45, 7) is 9.12. The summed E-state index contributed by atoms with van der Waals surface area (Å²) in [7, 11) is 1.67. The first kappa shape index (κ1) is 23.4. The van der Waals surface area contributed by atoms with Gasteiger partial charge in [-0.2, -0.15) is 5.10 Å². The predicted molar refractivity (Wildman–Crippen MR) is 138 cm³/mol. The van der Waals surface area contributed by atoms with Crippen molar-refractivity contribution in [2.24, 2.45) is 0 Å². The highest BCUT2D eigenvalue weighted by Gasteiger charge is 2.28. The third kappa shape index (κ3) is 4.62. The van der Waals surface area contributed by atoms with Gasteiger partial charge in [-0.05, 0) is 64.3 Å². The van der Waals surface area contributed by atoms with Gasteiger partial charge in [0.15, 0.2) is 0 Å². The van der Waals surface area contributed by atoms with Crippen molar-refractivity contribution >= 4 is 16.7 Å². The number of anilines is 1. The molecule has 1 aromatic carbocycles. The molecule has 1 unspecified atom stereocenters. The molecule has 4 heterocycles. The zero-order valence-corrected chi connectivity index (χ0v) is 21.1. The van der Waals surface area contributed by atoms with Gasteiger partial charge in [-0.1, -0.05) is 12.1 Å². The van der Waals surface area contributed by atoms with Crippen LogP contribution in [0.2, 0.25) is 0 Å². The van der Waals surface area contributed by atoms with E-state index in [4.69, 9.17) is 25.3 Å². The molecule has 0 amide bonds. The summed E-state index contributed by atoms with van der Waals surface area (Å²) in [4.78, 5) is 9.53. The molecule has 1 fully saturated rings. The van der Waals surface area contributed by atoms with E-state index in [0.29, 0.717) is 24.3 Å². The number of nitrogens with two attached hydrogens (primary N) is 1. The molecule has 8 heteroatoms. The maximum absolute atomic E-state index is 6.64. The Labute approximate surface area is 206 Å². The minimum absolute atomic E-state index is 0.197. The van der Waals surface area contributed by atoms with E-state index < -0.39 is 0 Å². The smallest absolute Gasteiger partial charge is 0.135 e. The van der Waals surface area contributed by atoms with E-state index >= 15 is 0 Å². The molecule has 0 spiro atoms. The average molecular weight is 475 g/mol. The highest BCUT2D eigenvalue weighted by molar-refractivity contribution is 5.99. The molecule has 1 saturated heterocycles. The molecule has 8 nitrogen and oxygen atoms in total. The van der Waals surface area contributed by atoms with Gasteiger partial charge in [0.2, 0.25) is 0 Å². The van der Waals surface area contributed by atoms with Crippen molar-refractivity contribution in [2.45, 2.75) is 71.2 Å². The molecule has 184 valence electrons. The largest absolute Gasteiger partial charge is 0.497 e. The highest BCUT2D eigenvalue weighted by Crippen LogP contribution is 2.37. The van der Waals surface area contributed by atoms with Crippen molar-refractivity contribution in [3.8, 4) is 17.1 Å². The van der Waals surface area contributed by atoms with E-state index in [1.807, 2.05) is 29.3 Å². The molecular weight excluding hydrogens is 440 g/mol. The van der Waals surface area contributed by atoms with Gasteiger partial charge >= 0.3 is 0 Å². The number of nitrogens with zero attached hydrogens (tertiary/aromatic N) is 5. The standard InChI is InChI=1S/C27H34N6O2/c1-16(2)32-14-23(29-15-32)26-25-24(33(31-26)13-19-6-8-21(34-5)9-7-19)12-22(30-27(25)28)20-10-17(3)35-18(4)11-20/h6-9,12,14-18,20H,10-11,13H2,1-5H3,(H2,28,30)/t17-,18+,20?. The Hall–Kier alpha value is -3.39. The number of rotatable bonds is 6. The van der Waals surface area contributed by atoms with Gasteiger partial charge in [0.1, 0.15) is 23.0 Å². The first-order chi connectivity index (χ1) is 16.8. The molecule has 0 saturated carbocycles. The van der Waals surface area contributed by atoms with Crippen LogP contribution in [0, 0.1) is 0 Å². The maximum Gasteiger partial charge on any atom is 0.135 e. The fourth-order valence-corrected chi connectivity index (χ4v) is 5.04. The Morgan fingerprint density at radius 3 is 2.49 bits per heavy atom. The summed E-state index contributed by atoms with van der Waals surface area (Å²) in [5.41, 5.74) is 11.3. The number of fused-ring (bicyclic) bond motifs is 1. The first-order valence-electron chi connectivity index (χ1n) is 12.3. The molecule has 35 heavy (non-hydrogen) atoms. The molecule has 3 aromatic heterocycles. The van der Waals surface area contributed by atoms with Crippen LogP contribution in [0.15, 0.2) is 42.9 Å². The van der Waals surface area contributed by atoms with Crippen LogP contribution < -0.4 is 10.5 Å². The highest BCUT2D eigenvalue weighted by atomic mass is 16.5. The van der Waals surface area contributed by atoms with E-state index in [1.54, 1.807) is 7.11 Å². The molecule has 5 rings (SSSR count). The third-order valence-electron chi connectivity index (χ3n) is 6.83. The van der Waals surface area contributed by atoms with Crippen molar-refractivity contribution in [2.75, 3.05) is 12.8 Å². The fraction of sp³-hybridized carbons (Fsp3) is 0.444. The molecule has 1 aliphatic rings. The summed E-state index contributed by atoms with van der Waals surface area (Å²) in [6.07, 6.45) is 6.13. The number of aromatic nitrogens is 5. The van der Waals surface area contributed by atoms with Crippen LogP contribution in [0.1, 0.15) is 63.8 Å². The molecule has 3 atom stereocenters. The van der Waals surface area contributed by atoms with Gasteiger partial charge in [0.25, 0.3) is 0 Å². The lowest BCUT2D eigenvalue weighted by Gasteiger charge is -2.31. The van der Waals surface area contributed by atoms with Crippen molar-refractivity contribution < 1.29 is 9.47 Å². The molecule has 2 N–H and O–H groups in total. The van der Waals surface area contributed by atoms with Crippen LogP contribution >= 0.6 is 0 Å². The summed E-state index contributed by atoms with van der Waals surface area (Å²) in [5.74, 6) is 1.63. The van der Waals surface area contributed by atoms with Crippen molar-refractivity contribution in [1.29, 1.82) is 0 Å². The fourth-order valence-electron chi connectivity index (χ4n) is 5.04. The van der Waals surface area contributed by atoms with Crippen LogP contribution in [0.5, 0.6) is 5.75 Å². The number of benzene rings is 1. The summed E-state index contributed by atoms with van der Waals surface area (Å²) in [5, 5.41) is 5.86. The Morgan fingerprint density at radius 2 is 1.86 bits per heavy atom. The number of ether oxygens (including phenoxy) is 2. The number of pyridine rings is 1. The van der Waals surface area contributed by atoms with Gasteiger partial charge in [0, 0.05) is 23.9 Å². The molecule has 0 bridgehead atoms. The van der Waals surface area contributed by atoms with Gasteiger partial charge in [0.05, 0.1) is 43.1 Å². The first-order valence-corrected chi connectivity index (χ1v) is 12.3. The van der Waals surface area contributed by atoms with Crippen molar-refractivity contribution in [3.63, 3.8) is 0 Å². The molecule has 0 radical (unpaired) electrons. The summed E-state index contributed by atoms with van der Waals surface area (Å²) < 4.78 is 15.4. The zero-order valence-electron chi connectivity index (χ0n) is 21.1. The number of methoxy groups -OCH3 is 1. The monoisotopic (exact) mass is 474 g/mol. The van der Waals surface area contributed by atoms with Gasteiger partial charge < -0.3 is 19.8 Å². The Morgan fingerprint density at radius 1 is 1.14 bits per heavy atom. The van der Waals surface area contributed by atoms with Gasteiger partial charge in [-0.3, -0.25) is 4.68 Å². The van der Waals surface area contributed by atoms with E-state index in [-0.39, 0.29) is 12.2 Å². The molecule has 4 aromatic rings. The lowest BCUT2D eigenvalue weighted by atomic mass is 9.89. The third-order valence-corrected chi connectivity index (χ3v) is 6.83. The number of hydrogen-bond acceptors (Lipinski definition) is 6. The summed E-state index contributed by atoms with van der Waals surface area (Å²) >= 11 is 0. The SMILES string of the molecule is COc1ccc(Cn2nc(-c3cn(C(C)C)cn3)c3c(N)nc(C4C[C@@H](C)O[C@@H](C)C4)cc32)cc1. The molecule has 0 aliphatic carbocycles. The van der Waals surface area contributed by atoms with Gasteiger partial charge in [-0.25, -0.2) is 9.97 Å². The Kier molecular flexibility index (Phi) is 6.23. The molecule has 1 aliphatic heterocycles. The Bertz CT molecular complexity index is 1310. The van der Waals surface area contributed by atoms with Crippen molar-refractivity contribution in [3.05, 3.63) is 54.1 Å². The lowest BCUT2D eigenvalue weighted by Crippen LogP contribution is -2.28. The Balaban J connectivity index is 1.62. The minimum atomic E-state index is 0.197. The quantitative estimate of drug-likeness (QED) is 0.414. The predicted octanol–water partition coefficient (Wildman–Crippen LogP) is 5.19. The minimum Gasteiger partial charge on any atom is -0.497 e. The lowest BCUT2D eigenvalue weighted by molar-refractivity contribution is -0.0385. The van der Waals surface area contributed by atoms with E-state index in [9.17, 15) is 0 Å². The summed E-state index contributed by atoms with van der Waals surface area (Å²) in [6, 6.07) is 10.5. The topological polar surface area (TPSA) is 93.0 Å². The van der Waals surface area contributed by atoms with E-state index in [1.165, 1.54) is 0 Å². The normalized spacial score (nSPS) is 20.6. The van der Waals surface area contributed by atoms with Crippen LogP contribution in [0.4, 0.5) is 5.82 Å². The average Bonchev–Trinajstić information content (AvgIpc) is 3.45. The van der Waals surface area contributed by atoms with Crippen LogP contribution in [-0.2, 0) is 11.3 Å². The van der Waals surface area contributed by atoms with E-state index in [0.717, 1.165) is 52.1 Å². The zero-order chi connectivity index (χ0) is 24.7.